The number of unbranched alkanes of at least 4 members (excludes halogenated alkanes) is 10. The number of carbonyl (C=O) groups is 2. The second kappa shape index (κ2) is 29.0. The van der Waals surface area contributed by atoms with E-state index in [0.717, 1.165) is 25.7 Å². The zero-order valence-corrected chi connectivity index (χ0v) is 17.5. The van der Waals surface area contributed by atoms with E-state index in [9.17, 15) is 19.8 Å². The molecule has 160 valence electrons. The molecule has 0 atom stereocenters. The van der Waals surface area contributed by atoms with Gasteiger partial charge >= 0.3 is 0 Å². The van der Waals surface area contributed by atoms with Crippen LogP contribution >= 0.6 is 0 Å². The van der Waals surface area contributed by atoms with Gasteiger partial charge in [0.1, 0.15) is 0 Å². The van der Waals surface area contributed by atoms with Gasteiger partial charge in [0.05, 0.1) is 12.5 Å². The number of ether oxygens (including phenoxy) is 1. The molecule has 0 aromatic heterocycles. The Morgan fingerprint density at radius 3 is 1.19 bits per heavy atom. The van der Waals surface area contributed by atoms with Crippen molar-refractivity contribution >= 4 is 11.9 Å². The van der Waals surface area contributed by atoms with Crippen molar-refractivity contribution in [2.75, 3.05) is 0 Å². The van der Waals surface area contributed by atoms with Crippen LogP contribution in [0.1, 0.15) is 104 Å². The smallest absolute Gasteiger partial charge is 0.0829 e. The van der Waals surface area contributed by atoms with Crippen LogP contribution in [0.2, 0.25) is 0 Å². The third kappa shape index (κ3) is 45.5. The second-order valence-corrected chi connectivity index (χ2v) is 6.25. The highest BCUT2D eigenvalue weighted by Crippen LogP contribution is 2.06. The first-order valence-corrected chi connectivity index (χ1v) is 10.2. The number of carboxylic acids is 2. The lowest BCUT2D eigenvalue weighted by atomic mass is 10.1. The number of carboxylic acid groups (broad SMARTS) is 2. The van der Waals surface area contributed by atoms with Crippen LogP contribution in [0.3, 0.4) is 0 Å². The highest BCUT2D eigenvalue weighted by atomic mass is 16.5. The summed E-state index contributed by atoms with van der Waals surface area (Å²) < 4.78 is 4.36. The predicted molar refractivity (Wildman–Crippen MR) is 107 cm³/mol. The van der Waals surface area contributed by atoms with E-state index in [1.807, 2.05) is 0 Å². The Hall–Kier alpha value is -1.78. The number of hydrogen-bond acceptors (Lipinski definition) is 5. The summed E-state index contributed by atoms with van der Waals surface area (Å²) in [6, 6.07) is 0. The lowest BCUT2D eigenvalue weighted by molar-refractivity contribution is -0.307. The molecule has 0 bridgehead atoms. The maximum atomic E-state index is 9.98. The fraction of sp³-hybridized carbons (Fsp3) is 0.727. The molecule has 0 saturated carbocycles. The van der Waals surface area contributed by atoms with Crippen molar-refractivity contribution in [1.29, 1.82) is 0 Å². The molecule has 0 aliphatic rings. The summed E-state index contributed by atoms with van der Waals surface area (Å²) in [4.78, 5) is 20.0. The van der Waals surface area contributed by atoms with Gasteiger partial charge in [-0.05, 0) is 25.7 Å². The minimum Gasteiger partial charge on any atom is -0.550 e. The topological polar surface area (TPSA) is 89.5 Å². The standard InChI is InChI=1S/2C9H18O2.C4H6O/c2*1-2-3-4-5-6-7-8-9(10)11;1-3-5-4-2/h2*2-8H2,1H3,(H,10,11);3-4H,1-2H2/p-2. The molecule has 0 aromatic rings. The highest BCUT2D eigenvalue weighted by Gasteiger charge is 1.90. The van der Waals surface area contributed by atoms with Gasteiger partial charge in [-0.1, -0.05) is 91.2 Å². The van der Waals surface area contributed by atoms with E-state index in [4.69, 9.17) is 0 Å². The molecule has 5 heteroatoms. The largest absolute Gasteiger partial charge is 0.550 e. The first-order chi connectivity index (χ1) is 13.0. The van der Waals surface area contributed by atoms with Crippen LogP contribution < -0.4 is 10.2 Å². The van der Waals surface area contributed by atoms with Crippen LogP contribution in [0.25, 0.3) is 0 Å². The molecule has 0 amide bonds. The fourth-order valence-electron chi connectivity index (χ4n) is 2.17. The van der Waals surface area contributed by atoms with Gasteiger partial charge in [-0.25, -0.2) is 0 Å². The minimum atomic E-state index is -0.916. The van der Waals surface area contributed by atoms with E-state index in [1.165, 1.54) is 63.9 Å². The van der Waals surface area contributed by atoms with Crippen molar-refractivity contribution in [3.05, 3.63) is 25.7 Å². The first-order valence-electron chi connectivity index (χ1n) is 10.2. The van der Waals surface area contributed by atoms with E-state index in [1.54, 1.807) is 0 Å². The van der Waals surface area contributed by atoms with Crippen molar-refractivity contribution in [2.24, 2.45) is 0 Å². The summed E-state index contributed by atoms with van der Waals surface area (Å²) in [5.74, 6) is -1.83. The van der Waals surface area contributed by atoms with Gasteiger partial charge in [0.15, 0.2) is 0 Å². The maximum absolute atomic E-state index is 9.98. The van der Waals surface area contributed by atoms with Gasteiger partial charge in [-0.3, -0.25) is 0 Å². The third-order valence-electron chi connectivity index (χ3n) is 3.66. The number of aliphatic carboxylic acids is 2. The zero-order valence-electron chi connectivity index (χ0n) is 17.5. The molecule has 0 aliphatic heterocycles. The summed E-state index contributed by atoms with van der Waals surface area (Å²) in [5, 5.41) is 20.0. The minimum absolute atomic E-state index is 0.228. The predicted octanol–water partition coefficient (Wildman–Crippen LogP) is 4.26. The Morgan fingerprint density at radius 2 is 0.963 bits per heavy atom. The quantitative estimate of drug-likeness (QED) is 0.293. The van der Waals surface area contributed by atoms with E-state index < -0.39 is 11.9 Å². The maximum Gasteiger partial charge on any atom is 0.0829 e. The second-order valence-electron chi connectivity index (χ2n) is 6.25. The van der Waals surface area contributed by atoms with Gasteiger partial charge in [-0.15, -0.1) is 0 Å². The molecule has 0 spiro atoms. The van der Waals surface area contributed by atoms with Crippen LogP contribution in [0.15, 0.2) is 25.7 Å². The monoisotopic (exact) mass is 384 g/mol. The average molecular weight is 385 g/mol. The van der Waals surface area contributed by atoms with Crippen LogP contribution in [0.4, 0.5) is 0 Å². The van der Waals surface area contributed by atoms with Gasteiger partial charge in [0.25, 0.3) is 0 Å². The Kier molecular flexibility index (Phi) is 32.2. The Labute approximate surface area is 166 Å². The van der Waals surface area contributed by atoms with Crippen LogP contribution in [-0.2, 0) is 14.3 Å². The molecule has 5 nitrogen and oxygen atoms in total. The molecule has 0 N–H and O–H groups in total. The van der Waals surface area contributed by atoms with E-state index >= 15 is 0 Å². The van der Waals surface area contributed by atoms with Crippen molar-refractivity contribution in [1.82, 2.24) is 0 Å². The highest BCUT2D eigenvalue weighted by molar-refractivity contribution is 5.64. The number of rotatable bonds is 16. The van der Waals surface area contributed by atoms with Crippen LogP contribution in [-0.4, -0.2) is 11.9 Å². The van der Waals surface area contributed by atoms with Crippen molar-refractivity contribution in [2.45, 2.75) is 104 Å². The van der Waals surface area contributed by atoms with Gasteiger partial charge in [0, 0.05) is 11.9 Å². The van der Waals surface area contributed by atoms with Gasteiger partial charge < -0.3 is 24.5 Å². The van der Waals surface area contributed by atoms with Crippen molar-refractivity contribution < 1.29 is 24.5 Å². The number of carbonyl (C=O) groups excluding carboxylic acids is 2. The molecule has 0 aromatic carbocycles. The molecule has 0 aliphatic carbocycles. The van der Waals surface area contributed by atoms with Crippen LogP contribution in [0, 0.1) is 0 Å². The summed E-state index contributed by atoms with van der Waals surface area (Å²) >= 11 is 0. The fourth-order valence-corrected chi connectivity index (χ4v) is 2.17. The van der Waals surface area contributed by atoms with E-state index in [-0.39, 0.29) is 12.8 Å². The molecule has 0 unspecified atom stereocenters. The van der Waals surface area contributed by atoms with E-state index in [2.05, 4.69) is 31.7 Å². The Bertz CT molecular complexity index is 308. The van der Waals surface area contributed by atoms with Gasteiger partial charge in [-0.2, -0.15) is 0 Å². The third-order valence-corrected chi connectivity index (χ3v) is 3.66. The SMILES string of the molecule is C=COC=C.CCCCCCCCC(=O)[O-].CCCCCCCCC(=O)[O-]. The Balaban J connectivity index is -0.000000344. The normalized spacial score (nSPS) is 9.11. The molecule has 0 rings (SSSR count). The molecule has 27 heavy (non-hydrogen) atoms. The molecular weight excluding hydrogens is 344 g/mol. The molecule has 0 saturated heterocycles. The molecule has 0 heterocycles. The number of hydrogen-bond donors (Lipinski definition) is 0. The van der Waals surface area contributed by atoms with Gasteiger partial charge in [0.2, 0.25) is 0 Å². The van der Waals surface area contributed by atoms with Crippen LogP contribution in [0.5, 0.6) is 0 Å². The summed E-state index contributed by atoms with van der Waals surface area (Å²) in [6.07, 6.45) is 16.5. The van der Waals surface area contributed by atoms with Crippen molar-refractivity contribution in [3.8, 4) is 0 Å². The lowest BCUT2D eigenvalue weighted by Gasteiger charge is -2.01. The molecule has 0 fully saturated rings. The first kappa shape index (κ1) is 30.0. The average Bonchev–Trinajstić information content (AvgIpc) is 2.62. The Morgan fingerprint density at radius 1 is 0.667 bits per heavy atom. The summed E-state index contributed by atoms with van der Waals surface area (Å²) in [6.45, 7) is 10.8. The summed E-state index contributed by atoms with van der Waals surface area (Å²) in [7, 11) is 0. The molecule has 0 radical (unpaired) electrons. The zero-order chi connectivity index (χ0) is 21.2. The van der Waals surface area contributed by atoms with Crippen molar-refractivity contribution in [3.63, 3.8) is 0 Å². The summed E-state index contributed by atoms with van der Waals surface area (Å²) in [5.41, 5.74) is 0. The molecular formula is C22H40O5-2. The van der Waals surface area contributed by atoms with E-state index in [0.29, 0.717) is 0 Å². The lowest BCUT2D eigenvalue weighted by Crippen LogP contribution is -2.21.